The quantitative estimate of drug-likeness (QED) is 0.837. The Morgan fingerprint density at radius 1 is 1.24 bits per heavy atom. The largest absolute Gasteiger partial charge is 0.312 e. The average Bonchev–Trinajstić information content (AvgIpc) is 2.35. The number of benzene rings is 1. The first kappa shape index (κ1) is 12.6. The molecule has 0 atom stereocenters. The van der Waals surface area contributed by atoms with Crippen molar-refractivity contribution in [3.8, 4) is 0 Å². The van der Waals surface area contributed by atoms with Crippen molar-refractivity contribution in [3.63, 3.8) is 0 Å². The van der Waals surface area contributed by atoms with Crippen LogP contribution in [0.2, 0.25) is 0 Å². The van der Waals surface area contributed by atoms with Crippen LogP contribution in [-0.2, 0) is 6.54 Å². The molecule has 0 aromatic heterocycles. The summed E-state index contributed by atoms with van der Waals surface area (Å²) in [7, 11) is 0. The van der Waals surface area contributed by atoms with E-state index in [1.54, 1.807) is 13.0 Å². The Hall–Kier alpha value is -0.890. The van der Waals surface area contributed by atoms with Crippen molar-refractivity contribution in [2.45, 2.75) is 45.6 Å². The first-order valence-electron chi connectivity index (χ1n) is 6.71. The van der Waals surface area contributed by atoms with Crippen LogP contribution >= 0.6 is 0 Å². The van der Waals surface area contributed by atoms with Crippen molar-refractivity contribution in [2.75, 3.05) is 6.54 Å². The summed E-state index contributed by atoms with van der Waals surface area (Å²) >= 11 is 0. The van der Waals surface area contributed by atoms with Crippen molar-refractivity contribution < 1.29 is 4.39 Å². The summed E-state index contributed by atoms with van der Waals surface area (Å²) in [4.78, 5) is 0. The highest BCUT2D eigenvalue weighted by atomic mass is 19.1. The van der Waals surface area contributed by atoms with Gasteiger partial charge in [-0.2, -0.15) is 0 Å². The standard InChI is InChI=1S/C15H22FN/c1-12-7-8-14(9-15(12)16)11-17-10-13-5-3-2-4-6-13/h7-9,13,17H,2-6,10-11H2,1H3. The number of aryl methyl sites for hydroxylation is 1. The van der Waals surface area contributed by atoms with Crippen molar-refractivity contribution in [3.05, 3.63) is 35.1 Å². The highest BCUT2D eigenvalue weighted by Gasteiger charge is 2.12. The molecule has 2 heteroatoms. The van der Waals surface area contributed by atoms with Gasteiger partial charge in [0.1, 0.15) is 5.82 Å². The highest BCUT2D eigenvalue weighted by molar-refractivity contribution is 5.23. The monoisotopic (exact) mass is 235 g/mol. The number of halogens is 1. The predicted octanol–water partition coefficient (Wildman–Crippen LogP) is 3.80. The minimum absolute atomic E-state index is 0.0954. The fourth-order valence-corrected chi connectivity index (χ4v) is 2.56. The number of nitrogens with one attached hydrogen (secondary N) is 1. The molecule has 1 N–H and O–H groups in total. The summed E-state index contributed by atoms with van der Waals surface area (Å²) in [6, 6.07) is 5.50. The van der Waals surface area contributed by atoms with Gasteiger partial charge in [0.15, 0.2) is 0 Å². The van der Waals surface area contributed by atoms with Gasteiger partial charge in [-0.1, -0.05) is 31.4 Å². The molecule has 0 saturated heterocycles. The van der Waals surface area contributed by atoms with E-state index in [0.717, 1.165) is 30.1 Å². The van der Waals surface area contributed by atoms with Crippen LogP contribution in [0.15, 0.2) is 18.2 Å². The average molecular weight is 235 g/mol. The van der Waals surface area contributed by atoms with Gasteiger partial charge < -0.3 is 5.32 Å². The minimum Gasteiger partial charge on any atom is -0.312 e. The molecule has 1 aromatic carbocycles. The lowest BCUT2D eigenvalue weighted by atomic mass is 9.89. The molecule has 1 fully saturated rings. The molecular weight excluding hydrogens is 213 g/mol. The molecule has 1 aliphatic rings. The fraction of sp³-hybridized carbons (Fsp3) is 0.600. The SMILES string of the molecule is Cc1ccc(CNCC2CCCCC2)cc1F. The Balaban J connectivity index is 1.75. The van der Waals surface area contributed by atoms with Crippen LogP contribution in [0.25, 0.3) is 0 Å². The lowest BCUT2D eigenvalue weighted by molar-refractivity contribution is 0.342. The molecule has 1 nitrogen and oxygen atoms in total. The van der Waals surface area contributed by atoms with Crippen LogP contribution in [-0.4, -0.2) is 6.54 Å². The molecule has 1 aromatic rings. The van der Waals surface area contributed by atoms with Crippen LogP contribution < -0.4 is 5.32 Å². The lowest BCUT2D eigenvalue weighted by Crippen LogP contribution is -2.24. The number of hydrogen-bond acceptors (Lipinski definition) is 1. The maximum absolute atomic E-state index is 13.3. The van der Waals surface area contributed by atoms with Gasteiger partial charge in [0.25, 0.3) is 0 Å². The van der Waals surface area contributed by atoms with E-state index in [4.69, 9.17) is 0 Å². The van der Waals surface area contributed by atoms with Crippen LogP contribution in [0.5, 0.6) is 0 Å². The van der Waals surface area contributed by atoms with Gasteiger partial charge >= 0.3 is 0 Å². The van der Waals surface area contributed by atoms with E-state index in [0.29, 0.717) is 0 Å². The van der Waals surface area contributed by atoms with Gasteiger partial charge in [0, 0.05) is 6.54 Å². The van der Waals surface area contributed by atoms with Gasteiger partial charge in [0.05, 0.1) is 0 Å². The number of rotatable bonds is 4. The van der Waals surface area contributed by atoms with Gasteiger partial charge in [-0.25, -0.2) is 4.39 Å². The van der Waals surface area contributed by atoms with Crippen LogP contribution in [0, 0.1) is 18.7 Å². The van der Waals surface area contributed by atoms with Crippen molar-refractivity contribution >= 4 is 0 Å². The maximum atomic E-state index is 13.3. The van der Waals surface area contributed by atoms with E-state index in [2.05, 4.69) is 5.32 Å². The molecule has 0 aliphatic heterocycles. The molecule has 2 rings (SSSR count). The van der Waals surface area contributed by atoms with Crippen molar-refractivity contribution in [2.24, 2.45) is 5.92 Å². The van der Waals surface area contributed by atoms with Crippen LogP contribution in [0.1, 0.15) is 43.2 Å². The Kier molecular flexibility index (Phi) is 4.55. The topological polar surface area (TPSA) is 12.0 Å². The number of hydrogen-bond donors (Lipinski definition) is 1. The maximum Gasteiger partial charge on any atom is 0.126 e. The molecule has 0 bridgehead atoms. The first-order chi connectivity index (χ1) is 8.25. The second-order valence-electron chi connectivity index (χ2n) is 5.22. The Labute approximate surface area is 103 Å². The summed E-state index contributed by atoms with van der Waals surface area (Å²) in [6.07, 6.45) is 6.88. The summed E-state index contributed by atoms with van der Waals surface area (Å²) in [5.41, 5.74) is 1.77. The predicted molar refractivity (Wildman–Crippen MR) is 69.4 cm³/mol. The smallest absolute Gasteiger partial charge is 0.126 e. The summed E-state index contributed by atoms with van der Waals surface area (Å²) in [5.74, 6) is 0.737. The third-order valence-electron chi connectivity index (χ3n) is 3.72. The van der Waals surface area contributed by atoms with E-state index >= 15 is 0 Å². The second kappa shape index (κ2) is 6.15. The molecule has 94 valence electrons. The van der Waals surface area contributed by atoms with E-state index < -0.39 is 0 Å². The second-order valence-corrected chi connectivity index (χ2v) is 5.22. The zero-order valence-corrected chi connectivity index (χ0v) is 10.6. The summed E-state index contributed by atoms with van der Waals surface area (Å²) in [6.45, 7) is 3.66. The Bertz CT molecular complexity index is 356. The van der Waals surface area contributed by atoms with Gasteiger partial charge in [-0.15, -0.1) is 0 Å². The van der Waals surface area contributed by atoms with Crippen molar-refractivity contribution in [1.29, 1.82) is 0 Å². The fourth-order valence-electron chi connectivity index (χ4n) is 2.56. The Morgan fingerprint density at radius 3 is 2.71 bits per heavy atom. The van der Waals surface area contributed by atoms with E-state index in [-0.39, 0.29) is 5.82 Å². The van der Waals surface area contributed by atoms with Crippen LogP contribution in [0.3, 0.4) is 0 Å². The minimum atomic E-state index is -0.0954. The van der Waals surface area contributed by atoms with Gasteiger partial charge in [-0.05, 0) is 49.4 Å². The van der Waals surface area contributed by atoms with E-state index in [1.807, 2.05) is 12.1 Å². The van der Waals surface area contributed by atoms with E-state index in [9.17, 15) is 4.39 Å². The first-order valence-corrected chi connectivity index (χ1v) is 6.71. The van der Waals surface area contributed by atoms with E-state index in [1.165, 1.54) is 32.1 Å². The van der Waals surface area contributed by atoms with Gasteiger partial charge in [0.2, 0.25) is 0 Å². The molecule has 1 saturated carbocycles. The zero-order chi connectivity index (χ0) is 12.1. The Morgan fingerprint density at radius 2 is 2.00 bits per heavy atom. The zero-order valence-electron chi connectivity index (χ0n) is 10.6. The molecule has 0 unspecified atom stereocenters. The van der Waals surface area contributed by atoms with Gasteiger partial charge in [-0.3, -0.25) is 0 Å². The summed E-state index contributed by atoms with van der Waals surface area (Å²) < 4.78 is 13.3. The molecule has 0 radical (unpaired) electrons. The molecule has 1 aliphatic carbocycles. The molecule has 17 heavy (non-hydrogen) atoms. The van der Waals surface area contributed by atoms with Crippen LogP contribution in [0.4, 0.5) is 4.39 Å². The molecule has 0 amide bonds. The molecule has 0 heterocycles. The molecular formula is C15H22FN. The van der Waals surface area contributed by atoms with Crippen molar-refractivity contribution in [1.82, 2.24) is 5.32 Å². The summed E-state index contributed by atoms with van der Waals surface area (Å²) in [5, 5.41) is 3.45. The third kappa shape index (κ3) is 3.81. The third-order valence-corrected chi connectivity index (χ3v) is 3.72. The highest BCUT2D eigenvalue weighted by Crippen LogP contribution is 2.22. The normalized spacial score (nSPS) is 17.3. The lowest BCUT2D eigenvalue weighted by Gasteiger charge is -2.21. The molecule has 0 spiro atoms.